The number of hydrogen-bond donors (Lipinski definition) is 2. The molecule has 0 aliphatic carbocycles. The van der Waals surface area contributed by atoms with Crippen LogP contribution < -0.4 is 10.6 Å². The van der Waals surface area contributed by atoms with Gasteiger partial charge in [0.2, 0.25) is 0 Å². The Morgan fingerprint density at radius 1 is 1.25 bits per heavy atom. The summed E-state index contributed by atoms with van der Waals surface area (Å²) in [5, 5.41) is 5.97. The Kier molecular flexibility index (Phi) is 5.01. The molecule has 0 bridgehead atoms. The zero-order chi connectivity index (χ0) is 14.6. The summed E-state index contributed by atoms with van der Waals surface area (Å²) < 4.78 is 38.6. The molecule has 1 fully saturated rings. The summed E-state index contributed by atoms with van der Waals surface area (Å²) in [5.41, 5.74) is -0.670. The largest absolute Gasteiger partial charge is 0.416 e. The Morgan fingerprint density at radius 3 is 2.50 bits per heavy atom. The van der Waals surface area contributed by atoms with E-state index in [4.69, 9.17) is 0 Å². The van der Waals surface area contributed by atoms with E-state index < -0.39 is 11.7 Å². The van der Waals surface area contributed by atoms with Crippen LogP contribution in [-0.2, 0) is 6.18 Å². The van der Waals surface area contributed by atoms with Gasteiger partial charge in [0.05, 0.1) is 5.56 Å². The molecule has 0 spiro atoms. The third-order valence-corrected chi connectivity index (χ3v) is 4.13. The molecule has 0 saturated carbocycles. The zero-order valence-corrected chi connectivity index (χ0v) is 12.1. The predicted molar refractivity (Wildman–Crippen MR) is 77.4 cm³/mol. The lowest BCUT2D eigenvalue weighted by Crippen LogP contribution is -2.25. The summed E-state index contributed by atoms with van der Waals surface area (Å²) in [6, 6.07) is 2.34. The molecular formula is C13H18F3N3S. The first-order valence-electron chi connectivity index (χ1n) is 6.66. The number of halogens is 3. The first-order valence-corrected chi connectivity index (χ1v) is 7.82. The molecule has 2 rings (SSSR count). The standard InChI is InChI=1S/C13H18F3N3S/c1-2-17-11-7-9(13(14,15)16)8-12(19-11)18-10-3-5-20-6-4-10/h7-8,10H,2-6H2,1H3,(H2,17,18,19). The van der Waals surface area contributed by atoms with Gasteiger partial charge in [-0.1, -0.05) is 0 Å². The van der Waals surface area contributed by atoms with E-state index in [2.05, 4.69) is 15.6 Å². The molecule has 3 nitrogen and oxygen atoms in total. The lowest BCUT2D eigenvalue weighted by molar-refractivity contribution is -0.137. The molecule has 1 aliphatic rings. The number of aromatic nitrogens is 1. The fourth-order valence-electron chi connectivity index (χ4n) is 2.09. The highest BCUT2D eigenvalue weighted by Gasteiger charge is 2.32. The van der Waals surface area contributed by atoms with Gasteiger partial charge in [-0.3, -0.25) is 0 Å². The highest BCUT2D eigenvalue weighted by Crippen LogP contribution is 2.32. The molecule has 1 aliphatic heterocycles. The topological polar surface area (TPSA) is 37.0 Å². The van der Waals surface area contributed by atoms with E-state index in [9.17, 15) is 13.2 Å². The third kappa shape index (κ3) is 4.19. The van der Waals surface area contributed by atoms with Crippen LogP contribution in [0.4, 0.5) is 24.8 Å². The van der Waals surface area contributed by atoms with Crippen LogP contribution in [0.1, 0.15) is 25.3 Å². The average molecular weight is 305 g/mol. The molecule has 0 radical (unpaired) electrons. The van der Waals surface area contributed by atoms with Gasteiger partial charge in [-0.15, -0.1) is 0 Å². The molecule has 2 N–H and O–H groups in total. The van der Waals surface area contributed by atoms with E-state index in [1.807, 2.05) is 18.7 Å². The van der Waals surface area contributed by atoms with Gasteiger partial charge >= 0.3 is 6.18 Å². The van der Waals surface area contributed by atoms with E-state index >= 15 is 0 Å². The summed E-state index contributed by atoms with van der Waals surface area (Å²) in [6.07, 6.45) is -2.44. The number of alkyl halides is 3. The molecular weight excluding hydrogens is 287 g/mol. The van der Waals surface area contributed by atoms with Crippen LogP contribution in [0.25, 0.3) is 0 Å². The summed E-state index contributed by atoms with van der Waals surface area (Å²) in [5.74, 6) is 2.63. The fourth-order valence-corrected chi connectivity index (χ4v) is 3.20. The van der Waals surface area contributed by atoms with E-state index in [1.165, 1.54) is 0 Å². The number of rotatable bonds is 4. The molecule has 0 atom stereocenters. The van der Waals surface area contributed by atoms with Crippen LogP contribution in [0.2, 0.25) is 0 Å². The second-order valence-electron chi connectivity index (χ2n) is 4.69. The molecule has 2 heterocycles. The van der Waals surface area contributed by atoms with Crippen molar-refractivity contribution < 1.29 is 13.2 Å². The maximum absolute atomic E-state index is 12.9. The maximum Gasteiger partial charge on any atom is 0.416 e. The summed E-state index contributed by atoms with van der Waals surface area (Å²) in [4.78, 5) is 4.20. The molecule has 1 aromatic heterocycles. The van der Waals surface area contributed by atoms with Crippen LogP contribution in [0.3, 0.4) is 0 Å². The average Bonchev–Trinajstić information content (AvgIpc) is 2.39. The molecule has 0 aromatic carbocycles. The van der Waals surface area contributed by atoms with Crippen molar-refractivity contribution >= 4 is 23.4 Å². The van der Waals surface area contributed by atoms with Gasteiger partial charge in [0.1, 0.15) is 11.6 Å². The number of nitrogens with one attached hydrogen (secondary N) is 2. The zero-order valence-electron chi connectivity index (χ0n) is 11.3. The van der Waals surface area contributed by atoms with Gasteiger partial charge in [-0.2, -0.15) is 24.9 Å². The number of hydrogen-bond acceptors (Lipinski definition) is 4. The van der Waals surface area contributed by atoms with Crippen molar-refractivity contribution in [1.82, 2.24) is 4.98 Å². The molecule has 7 heteroatoms. The second kappa shape index (κ2) is 6.56. The predicted octanol–water partition coefficient (Wildman–Crippen LogP) is 3.84. The highest BCUT2D eigenvalue weighted by molar-refractivity contribution is 7.99. The summed E-state index contributed by atoms with van der Waals surface area (Å²) >= 11 is 1.88. The number of pyridine rings is 1. The Hall–Kier alpha value is -1.11. The van der Waals surface area contributed by atoms with Crippen molar-refractivity contribution in [3.8, 4) is 0 Å². The lowest BCUT2D eigenvalue weighted by Gasteiger charge is -2.23. The van der Waals surface area contributed by atoms with Crippen molar-refractivity contribution in [3.05, 3.63) is 17.7 Å². The molecule has 0 unspecified atom stereocenters. The van der Waals surface area contributed by atoms with Crippen LogP contribution in [0.15, 0.2) is 12.1 Å². The van der Waals surface area contributed by atoms with Crippen molar-refractivity contribution in [1.29, 1.82) is 0 Å². The van der Waals surface area contributed by atoms with E-state index in [0.29, 0.717) is 12.4 Å². The molecule has 112 valence electrons. The van der Waals surface area contributed by atoms with Crippen LogP contribution in [-0.4, -0.2) is 29.1 Å². The monoisotopic (exact) mass is 305 g/mol. The third-order valence-electron chi connectivity index (χ3n) is 3.08. The van der Waals surface area contributed by atoms with Gasteiger partial charge in [0.15, 0.2) is 0 Å². The first-order chi connectivity index (χ1) is 9.49. The number of anilines is 2. The van der Waals surface area contributed by atoms with Crippen molar-refractivity contribution in [2.24, 2.45) is 0 Å². The highest BCUT2D eigenvalue weighted by atomic mass is 32.2. The van der Waals surface area contributed by atoms with Crippen molar-refractivity contribution in [2.45, 2.75) is 32.0 Å². The van der Waals surface area contributed by atoms with Crippen molar-refractivity contribution in [2.75, 3.05) is 28.7 Å². The van der Waals surface area contributed by atoms with Gasteiger partial charge in [0.25, 0.3) is 0 Å². The smallest absolute Gasteiger partial charge is 0.370 e. The number of nitrogens with zero attached hydrogens (tertiary/aromatic N) is 1. The van der Waals surface area contributed by atoms with Crippen molar-refractivity contribution in [3.63, 3.8) is 0 Å². The molecule has 20 heavy (non-hydrogen) atoms. The second-order valence-corrected chi connectivity index (χ2v) is 5.91. The Morgan fingerprint density at radius 2 is 1.90 bits per heavy atom. The minimum atomic E-state index is -4.36. The minimum absolute atomic E-state index is 0.210. The maximum atomic E-state index is 12.9. The number of thioether (sulfide) groups is 1. The normalized spacial score (nSPS) is 17.0. The van der Waals surface area contributed by atoms with Gasteiger partial charge in [-0.25, -0.2) is 4.98 Å². The lowest BCUT2D eigenvalue weighted by atomic mass is 10.1. The Labute approximate surface area is 120 Å². The van der Waals surface area contributed by atoms with E-state index in [-0.39, 0.29) is 11.9 Å². The van der Waals surface area contributed by atoms with Crippen LogP contribution >= 0.6 is 11.8 Å². The van der Waals surface area contributed by atoms with Crippen LogP contribution in [0.5, 0.6) is 0 Å². The summed E-state index contributed by atoms with van der Waals surface area (Å²) in [6.45, 7) is 2.36. The fraction of sp³-hybridized carbons (Fsp3) is 0.615. The first kappa shape index (κ1) is 15.3. The van der Waals surface area contributed by atoms with Gasteiger partial charge in [0, 0.05) is 12.6 Å². The Bertz CT molecular complexity index is 445. The molecule has 1 aromatic rings. The quantitative estimate of drug-likeness (QED) is 0.886. The van der Waals surface area contributed by atoms with Gasteiger partial charge in [-0.05, 0) is 43.4 Å². The van der Waals surface area contributed by atoms with Crippen LogP contribution in [0, 0.1) is 0 Å². The SMILES string of the molecule is CCNc1cc(C(F)(F)F)cc(NC2CCSCC2)n1. The minimum Gasteiger partial charge on any atom is -0.370 e. The Balaban J connectivity index is 2.19. The summed E-state index contributed by atoms with van der Waals surface area (Å²) in [7, 11) is 0. The van der Waals surface area contributed by atoms with E-state index in [0.717, 1.165) is 36.5 Å². The molecule has 1 saturated heterocycles. The van der Waals surface area contributed by atoms with E-state index in [1.54, 1.807) is 0 Å². The molecule has 0 amide bonds. The van der Waals surface area contributed by atoms with Gasteiger partial charge < -0.3 is 10.6 Å².